The van der Waals surface area contributed by atoms with Crippen LogP contribution in [0, 0.1) is 0 Å². The lowest BCUT2D eigenvalue weighted by Gasteiger charge is -2.34. The highest BCUT2D eigenvalue weighted by Gasteiger charge is 2.37. The molecule has 0 aromatic heterocycles. The van der Waals surface area contributed by atoms with Gasteiger partial charge in [0.25, 0.3) is 0 Å². The average molecular weight is 391 g/mol. The van der Waals surface area contributed by atoms with Crippen molar-refractivity contribution in [1.82, 2.24) is 14.9 Å². The molecule has 26 heavy (non-hydrogen) atoms. The zero-order chi connectivity index (χ0) is 19.0. The molecule has 1 atom stereocenters. The summed E-state index contributed by atoms with van der Waals surface area (Å²) in [4.78, 5) is 0. The van der Waals surface area contributed by atoms with E-state index in [1.807, 2.05) is 6.92 Å². The van der Waals surface area contributed by atoms with Gasteiger partial charge in [0, 0.05) is 31.8 Å². The van der Waals surface area contributed by atoms with Gasteiger partial charge in [0.1, 0.15) is 0 Å². The van der Waals surface area contributed by atoms with Gasteiger partial charge in [-0.3, -0.25) is 5.32 Å². The fraction of sp³-hybridized carbons (Fsp3) is 0.647. The van der Waals surface area contributed by atoms with Crippen LogP contribution in [0.25, 0.3) is 0 Å². The van der Waals surface area contributed by atoms with Crippen molar-refractivity contribution in [1.29, 1.82) is 0 Å². The number of benzene rings is 1. The Morgan fingerprint density at radius 2 is 1.81 bits per heavy atom. The molecule has 3 rings (SSSR count). The average Bonchev–Trinajstić information content (AvgIpc) is 2.99. The molecule has 0 unspecified atom stereocenters. The molecular weight excluding hydrogens is 367 g/mol. The minimum atomic E-state index is -4.34. The van der Waals surface area contributed by atoms with Crippen LogP contribution in [0.3, 0.4) is 0 Å². The molecule has 2 N–H and O–H groups in total. The van der Waals surface area contributed by atoms with Crippen LogP contribution >= 0.6 is 0 Å². The Morgan fingerprint density at radius 3 is 2.31 bits per heavy atom. The van der Waals surface area contributed by atoms with E-state index in [4.69, 9.17) is 0 Å². The molecule has 9 heteroatoms. The number of piperidine rings is 1. The number of alkyl halides is 3. The molecule has 2 aliphatic heterocycles. The normalized spacial score (nSPS) is 26.3. The molecule has 2 saturated heterocycles. The minimum Gasteiger partial charge on any atom is -0.303 e. The van der Waals surface area contributed by atoms with Gasteiger partial charge in [-0.15, -0.1) is 0 Å². The van der Waals surface area contributed by atoms with Gasteiger partial charge in [-0.1, -0.05) is 12.1 Å². The summed E-state index contributed by atoms with van der Waals surface area (Å²) in [6.45, 7) is 3.89. The van der Waals surface area contributed by atoms with E-state index in [0.717, 1.165) is 17.7 Å². The number of nitrogens with one attached hydrogen (secondary N) is 2. The third kappa shape index (κ3) is 4.39. The topological polar surface area (TPSA) is 61.4 Å². The summed E-state index contributed by atoms with van der Waals surface area (Å²) in [6, 6.07) is 5.20. The molecule has 1 aromatic rings. The lowest BCUT2D eigenvalue weighted by atomic mass is 9.90. The molecule has 1 aromatic carbocycles. The standard InChI is InChI=1S/C17H24F3N3O2S/c1-16(10-21-12-22-16)11-26(24,25)23-8-6-14(7-9-23)13-2-4-15(5-3-13)17(18,19)20/h2-5,14,21-22H,6-12H2,1H3/t16-/m0/s1. The summed E-state index contributed by atoms with van der Waals surface area (Å²) < 4.78 is 64.8. The zero-order valence-corrected chi connectivity index (χ0v) is 15.5. The lowest BCUT2D eigenvalue weighted by Crippen LogP contribution is -2.50. The second kappa shape index (κ2) is 7.10. The summed E-state index contributed by atoms with van der Waals surface area (Å²) in [7, 11) is -3.37. The van der Waals surface area contributed by atoms with Gasteiger partial charge >= 0.3 is 6.18 Å². The van der Waals surface area contributed by atoms with E-state index < -0.39 is 27.3 Å². The quantitative estimate of drug-likeness (QED) is 0.826. The van der Waals surface area contributed by atoms with E-state index in [9.17, 15) is 21.6 Å². The number of rotatable bonds is 4. The largest absolute Gasteiger partial charge is 0.416 e. The number of nitrogens with zero attached hydrogens (tertiary/aromatic N) is 1. The van der Waals surface area contributed by atoms with Crippen LogP contribution in [0.1, 0.15) is 36.8 Å². The summed E-state index contributed by atoms with van der Waals surface area (Å²) in [5.74, 6) is 0.128. The van der Waals surface area contributed by atoms with Crippen molar-refractivity contribution in [3.8, 4) is 0 Å². The monoisotopic (exact) mass is 391 g/mol. The lowest BCUT2D eigenvalue weighted by molar-refractivity contribution is -0.137. The Kier molecular flexibility index (Phi) is 5.35. The van der Waals surface area contributed by atoms with Gasteiger partial charge in [-0.05, 0) is 43.4 Å². The SMILES string of the molecule is C[C@@]1(CS(=O)(=O)N2CCC(c3ccc(C(F)(F)F)cc3)CC2)CNCN1. The first kappa shape index (κ1) is 19.6. The fourth-order valence-electron chi connectivity index (χ4n) is 3.68. The predicted octanol–water partition coefficient (Wildman–Crippen LogP) is 2.12. The van der Waals surface area contributed by atoms with Crippen LogP contribution in [0.15, 0.2) is 24.3 Å². The van der Waals surface area contributed by atoms with E-state index in [0.29, 0.717) is 39.1 Å². The first-order valence-corrected chi connectivity index (χ1v) is 10.3. The van der Waals surface area contributed by atoms with Crippen LogP contribution < -0.4 is 10.6 Å². The van der Waals surface area contributed by atoms with Crippen LogP contribution in [0.4, 0.5) is 13.2 Å². The summed E-state index contributed by atoms with van der Waals surface area (Å²) in [5, 5.41) is 6.28. The van der Waals surface area contributed by atoms with Crippen molar-refractivity contribution >= 4 is 10.0 Å². The van der Waals surface area contributed by atoms with E-state index in [2.05, 4.69) is 10.6 Å². The molecule has 2 fully saturated rings. The van der Waals surface area contributed by atoms with Gasteiger partial charge in [-0.2, -0.15) is 13.2 Å². The van der Waals surface area contributed by atoms with Gasteiger partial charge in [0.05, 0.1) is 11.3 Å². The number of halogens is 3. The summed E-state index contributed by atoms with van der Waals surface area (Å²) >= 11 is 0. The molecule has 0 saturated carbocycles. The molecule has 0 aliphatic carbocycles. The number of hydrogen-bond acceptors (Lipinski definition) is 4. The molecule has 0 bridgehead atoms. The van der Waals surface area contributed by atoms with E-state index in [1.54, 1.807) is 0 Å². The molecule has 146 valence electrons. The van der Waals surface area contributed by atoms with Crippen LogP contribution in [-0.4, -0.2) is 50.3 Å². The first-order chi connectivity index (χ1) is 12.1. The Morgan fingerprint density at radius 1 is 1.19 bits per heavy atom. The highest BCUT2D eigenvalue weighted by Crippen LogP contribution is 2.33. The molecular formula is C17H24F3N3O2S. The third-order valence-electron chi connectivity index (χ3n) is 5.21. The highest BCUT2D eigenvalue weighted by atomic mass is 32.2. The molecule has 5 nitrogen and oxygen atoms in total. The van der Waals surface area contributed by atoms with Crippen molar-refractivity contribution < 1.29 is 21.6 Å². The summed E-state index contributed by atoms with van der Waals surface area (Å²) in [5.41, 5.74) is -0.292. The Balaban J connectivity index is 1.60. The zero-order valence-electron chi connectivity index (χ0n) is 14.6. The Bertz CT molecular complexity index is 721. The number of hydrogen-bond donors (Lipinski definition) is 2. The highest BCUT2D eigenvalue weighted by molar-refractivity contribution is 7.89. The first-order valence-electron chi connectivity index (χ1n) is 8.70. The molecule has 2 aliphatic rings. The molecule has 0 radical (unpaired) electrons. The Labute approximate surface area is 152 Å². The summed E-state index contributed by atoms with van der Waals surface area (Å²) in [6.07, 6.45) is -3.10. The Hall–Kier alpha value is -1.16. The van der Waals surface area contributed by atoms with Crippen molar-refractivity contribution in [3.05, 3.63) is 35.4 Å². The third-order valence-corrected chi connectivity index (χ3v) is 7.37. The van der Waals surface area contributed by atoms with Crippen molar-refractivity contribution in [2.75, 3.05) is 32.1 Å². The maximum absolute atomic E-state index is 12.7. The minimum absolute atomic E-state index is 0.0396. The second-order valence-electron chi connectivity index (χ2n) is 7.39. The number of sulfonamides is 1. The maximum Gasteiger partial charge on any atom is 0.416 e. The molecule has 0 spiro atoms. The van der Waals surface area contributed by atoms with E-state index in [-0.39, 0.29) is 11.7 Å². The van der Waals surface area contributed by atoms with Crippen LogP contribution in [-0.2, 0) is 16.2 Å². The van der Waals surface area contributed by atoms with Gasteiger partial charge in [-0.25, -0.2) is 12.7 Å². The van der Waals surface area contributed by atoms with Gasteiger partial charge in [0.2, 0.25) is 10.0 Å². The van der Waals surface area contributed by atoms with Crippen molar-refractivity contribution in [3.63, 3.8) is 0 Å². The van der Waals surface area contributed by atoms with Crippen molar-refractivity contribution in [2.24, 2.45) is 0 Å². The van der Waals surface area contributed by atoms with Crippen LogP contribution in [0.2, 0.25) is 0 Å². The van der Waals surface area contributed by atoms with Gasteiger partial charge in [0.15, 0.2) is 0 Å². The predicted molar refractivity (Wildman–Crippen MR) is 93.2 cm³/mol. The molecule has 2 heterocycles. The van der Waals surface area contributed by atoms with Crippen LogP contribution in [0.5, 0.6) is 0 Å². The van der Waals surface area contributed by atoms with Crippen molar-refractivity contribution in [2.45, 2.75) is 37.4 Å². The molecule has 0 amide bonds. The van der Waals surface area contributed by atoms with Gasteiger partial charge < -0.3 is 5.32 Å². The fourth-order valence-corrected chi connectivity index (χ4v) is 5.64. The smallest absolute Gasteiger partial charge is 0.303 e. The second-order valence-corrected chi connectivity index (χ2v) is 9.36. The van der Waals surface area contributed by atoms with E-state index >= 15 is 0 Å². The van der Waals surface area contributed by atoms with E-state index in [1.165, 1.54) is 16.4 Å². The maximum atomic E-state index is 12.7.